The molecule has 2 heterocycles. The lowest BCUT2D eigenvalue weighted by atomic mass is 10.0. The second-order valence-corrected chi connectivity index (χ2v) is 5.61. The maximum Gasteiger partial charge on any atom is 0.223 e. The molecule has 2 saturated heterocycles. The molecule has 2 atom stereocenters. The molecule has 2 unspecified atom stereocenters. The number of fused-ring (bicyclic) bond motifs is 1. The van der Waals surface area contributed by atoms with Gasteiger partial charge in [0.2, 0.25) is 5.91 Å². The van der Waals surface area contributed by atoms with E-state index in [1.165, 1.54) is 0 Å². The predicted molar refractivity (Wildman–Crippen MR) is 56.0 cm³/mol. The van der Waals surface area contributed by atoms with Gasteiger partial charge in [0.25, 0.3) is 0 Å². The van der Waals surface area contributed by atoms with E-state index >= 15 is 0 Å². The molecule has 0 spiro atoms. The Labute approximate surface area is 86.1 Å². The van der Waals surface area contributed by atoms with Gasteiger partial charge in [0.05, 0.1) is 0 Å². The Balaban J connectivity index is 2.08. The molecule has 2 aliphatic heterocycles. The lowest BCUT2D eigenvalue weighted by molar-refractivity contribution is -0.128. The van der Waals surface area contributed by atoms with Crippen molar-refractivity contribution in [2.75, 3.05) is 20.1 Å². The normalized spacial score (nSPS) is 34.0. The molecule has 3 nitrogen and oxygen atoms in total. The third-order valence-electron chi connectivity index (χ3n) is 3.68. The average molecular weight is 196 g/mol. The molecule has 0 aromatic rings. The minimum Gasteiger partial charge on any atom is -0.341 e. The fraction of sp³-hybridized carbons (Fsp3) is 0.909. The summed E-state index contributed by atoms with van der Waals surface area (Å²) >= 11 is 0. The monoisotopic (exact) mass is 196 g/mol. The van der Waals surface area contributed by atoms with Crippen molar-refractivity contribution in [1.29, 1.82) is 0 Å². The van der Waals surface area contributed by atoms with Gasteiger partial charge >= 0.3 is 0 Å². The summed E-state index contributed by atoms with van der Waals surface area (Å²) < 4.78 is 0. The van der Waals surface area contributed by atoms with E-state index in [-0.39, 0.29) is 5.54 Å². The van der Waals surface area contributed by atoms with E-state index in [2.05, 4.69) is 25.7 Å². The number of likely N-dealkylation sites (tertiary alicyclic amines) is 2. The van der Waals surface area contributed by atoms with Crippen molar-refractivity contribution in [3.05, 3.63) is 0 Å². The molecule has 0 N–H and O–H groups in total. The van der Waals surface area contributed by atoms with Crippen molar-refractivity contribution in [2.45, 2.75) is 38.8 Å². The van der Waals surface area contributed by atoms with Crippen LogP contribution in [0.25, 0.3) is 0 Å². The van der Waals surface area contributed by atoms with Gasteiger partial charge < -0.3 is 4.90 Å². The van der Waals surface area contributed by atoms with Crippen LogP contribution in [0.3, 0.4) is 0 Å². The summed E-state index contributed by atoms with van der Waals surface area (Å²) in [6.45, 7) is 8.88. The third kappa shape index (κ3) is 1.44. The Hall–Kier alpha value is -0.570. The Kier molecular flexibility index (Phi) is 2.11. The molecule has 80 valence electrons. The van der Waals surface area contributed by atoms with Gasteiger partial charge in [-0.15, -0.1) is 0 Å². The first-order valence-electron chi connectivity index (χ1n) is 5.40. The molecule has 14 heavy (non-hydrogen) atoms. The summed E-state index contributed by atoms with van der Waals surface area (Å²) in [5.74, 6) is 0.903. The average Bonchev–Trinajstić information content (AvgIpc) is 2.54. The Bertz CT molecular complexity index is 257. The Morgan fingerprint density at radius 3 is 2.43 bits per heavy atom. The number of hydrogen-bond donors (Lipinski definition) is 0. The van der Waals surface area contributed by atoms with Crippen LogP contribution in [0, 0.1) is 5.92 Å². The summed E-state index contributed by atoms with van der Waals surface area (Å²) in [7, 11) is 1.94. The lowest BCUT2D eigenvalue weighted by Gasteiger charge is -2.33. The van der Waals surface area contributed by atoms with Crippen molar-refractivity contribution < 1.29 is 4.79 Å². The molecule has 3 heteroatoms. The number of likely N-dealkylation sites (N-methyl/N-ethyl adjacent to an activating group) is 1. The standard InChI is InChI=1S/C11H20N2O/c1-11(2,3)13-6-8-5-10(14)12(4)9(8)7-13/h8-9H,5-7H2,1-4H3. The van der Waals surface area contributed by atoms with E-state index in [1.807, 2.05) is 11.9 Å². The largest absolute Gasteiger partial charge is 0.341 e. The molecule has 0 aromatic heterocycles. The van der Waals surface area contributed by atoms with Crippen LogP contribution in [0.4, 0.5) is 0 Å². The van der Waals surface area contributed by atoms with Crippen LogP contribution in [0.1, 0.15) is 27.2 Å². The van der Waals surface area contributed by atoms with Gasteiger partial charge in [-0.2, -0.15) is 0 Å². The summed E-state index contributed by atoms with van der Waals surface area (Å²) in [6, 6.07) is 0.474. The zero-order valence-corrected chi connectivity index (χ0v) is 9.58. The first-order valence-corrected chi connectivity index (χ1v) is 5.40. The number of carbonyl (C=O) groups is 1. The van der Waals surface area contributed by atoms with Gasteiger partial charge in [-0.05, 0) is 20.8 Å². The van der Waals surface area contributed by atoms with E-state index in [0.29, 0.717) is 17.9 Å². The van der Waals surface area contributed by atoms with Crippen molar-refractivity contribution >= 4 is 5.91 Å². The van der Waals surface area contributed by atoms with E-state index in [4.69, 9.17) is 0 Å². The van der Waals surface area contributed by atoms with Crippen molar-refractivity contribution in [3.8, 4) is 0 Å². The van der Waals surface area contributed by atoms with Gasteiger partial charge in [0.1, 0.15) is 0 Å². The van der Waals surface area contributed by atoms with Gasteiger partial charge in [-0.25, -0.2) is 0 Å². The third-order valence-corrected chi connectivity index (χ3v) is 3.68. The number of carbonyl (C=O) groups excluding carboxylic acids is 1. The molecule has 0 bridgehead atoms. The lowest BCUT2D eigenvalue weighted by Crippen LogP contribution is -2.43. The zero-order valence-electron chi connectivity index (χ0n) is 9.58. The van der Waals surface area contributed by atoms with Crippen LogP contribution in [0.5, 0.6) is 0 Å². The van der Waals surface area contributed by atoms with Gasteiger partial charge in [0, 0.05) is 44.1 Å². The smallest absolute Gasteiger partial charge is 0.223 e. The molecule has 2 fully saturated rings. The number of rotatable bonds is 0. The maximum atomic E-state index is 11.5. The van der Waals surface area contributed by atoms with Crippen LogP contribution < -0.4 is 0 Å². The molecule has 2 aliphatic rings. The highest BCUT2D eigenvalue weighted by molar-refractivity contribution is 5.79. The van der Waals surface area contributed by atoms with Crippen LogP contribution in [-0.2, 0) is 4.79 Å². The SMILES string of the molecule is CN1C(=O)CC2CN(C(C)(C)C)CC21. The van der Waals surface area contributed by atoms with Crippen LogP contribution in [0.2, 0.25) is 0 Å². The van der Waals surface area contributed by atoms with Crippen molar-refractivity contribution in [1.82, 2.24) is 9.80 Å². The summed E-state index contributed by atoms with van der Waals surface area (Å²) in [5, 5.41) is 0. The molecule has 0 radical (unpaired) electrons. The molecular weight excluding hydrogens is 176 g/mol. The minimum absolute atomic E-state index is 0.244. The molecular formula is C11H20N2O. The topological polar surface area (TPSA) is 23.6 Å². The van der Waals surface area contributed by atoms with Gasteiger partial charge in [0.15, 0.2) is 0 Å². The van der Waals surface area contributed by atoms with E-state index in [1.54, 1.807) is 0 Å². The van der Waals surface area contributed by atoms with Crippen LogP contribution >= 0.6 is 0 Å². The molecule has 1 amide bonds. The highest BCUT2D eigenvalue weighted by Crippen LogP contribution is 2.34. The number of nitrogens with zero attached hydrogens (tertiary/aromatic N) is 2. The zero-order chi connectivity index (χ0) is 10.5. The second kappa shape index (κ2) is 2.96. The quantitative estimate of drug-likeness (QED) is 0.576. The van der Waals surface area contributed by atoms with E-state index in [9.17, 15) is 4.79 Å². The van der Waals surface area contributed by atoms with Gasteiger partial charge in [-0.3, -0.25) is 9.69 Å². The highest BCUT2D eigenvalue weighted by atomic mass is 16.2. The number of hydrogen-bond acceptors (Lipinski definition) is 2. The Morgan fingerprint density at radius 2 is 1.93 bits per heavy atom. The first-order chi connectivity index (χ1) is 6.39. The number of amides is 1. The molecule has 0 aliphatic carbocycles. The highest BCUT2D eigenvalue weighted by Gasteiger charge is 2.45. The fourth-order valence-corrected chi connectivity index (χ4v) is 2.59. The second-order valence-electron chi connectivity index (χ2n) is 5.61. The minimum atomic E-state index is 0.244. The summed E-state index contributed by atoms with van der Waals surface area (Å²) in [5.41, 5.74) is 0.244. The first kappa shape index (κ1) is 9.97. The molecule has 0 saturated carbocycles. The van der Waals surface area contributed by atoms with Crippen molar-refractivity contribution in [3.63, 3.8) is 0 Å². The van der Waals surface area contributed by atoms with Gasteiger partial charge in [-0.1, -0.05) is 0 Å². The predicted octanol–water partition coefficient (Wildman–Crippen LogP) is 0.947. The Morgan fingerprint density at radius 1 is 1.29 bits per heavy atom. The van der Waals surface area contributed by atoms with E-state index in [0.717, 1.165) is 19.5 Å². The molecule has 2 rings (SSSR count). The maximum absolute atomic E-state index is 11.5. The van der Waals surface area contributed by atoms with E-state index < -0.39 is 0 Å². The van der Waals surface area contributed by atoms with Crippen molar-refractivity contribution in [2.24, 2.45) is 5.92 Å². The molecule has 0 aromatic carbocycles. The van der Waals surface area contributed by atoms with Crippen LogP contribution in [-0.4, -0.2) is 47.4 Å². The fourth-order valence-electron chi connectivity index (χ4n) is 2.59. The summed E-state index contributed by atoms with van der Waals surface area (Å²) in [6.07, 6.45) is 0.758. The van der Waals surface area contributed by atoms with Crippen LogP contribution in [0.15, 0.2) is 0 Å². The summed E-state index contributed by atoms with van der Waals surface area (Å²) in [4.78, 5) is 15.9.